The van der Waals surface area contributed by atoms with Crippen molar-refractivity contribution >= 4 is 110 Å². The first-order valence-corrected chi connectivity index (χ1v) is 25.8. The van der Waals surface area contributed by atoms with Crippen molar-refractivity contribution in [3.8, 4) is 11.1 Å². The lowest BCUT2D eigenvalue weighted by Crippen LogP contribution is -2.10. The zero-order chi connectivity index (χ0) is 49.0. The van der Waals surface area contributed by atoms with Crippen molar-refractivity contribution in [1.82, 2.24) is 0 Å². The molecule has 0 saturated heterocycles. The van der Waals surface area contributed by atoms with E-state index in [4.69, 9.17) is 0 Å². The number of hydrogen-bond donors (Lipinski definition) is 0. The first kappa shape index (κ1) is 43.3. The molecule has 0 fully saturated rings. The number of benzene rings is 13. The summed E-state index contributed by atoms with van der Waals surface area (Å²) in [6.07, 6.45) is 6.66. The Hall–Kier alpha value is -9.50. The van der Waals surface area contributed by atoms with Crippen LogP contribution in [0.4, 0.5) is 34.1 Å². The van der Waals surface area contributed by atoms with Gasteiger partial charge in [0.25, 0.3) is 0 Å². The van der Waals surface area contributed by atoms with Crippen LogP contribution in [0.5, 0.6) is 0 Å². The van der Waals surface area contributed by atoms with E-state index in [1.165, 1.54) is 98.0 Å². The minimum absolute atomic E-state index is 0.904. The minimum atomic E-state index is 0.904. The molecule has 0 atom stereocenters. The summed E-state index contributed by atoms with van der Waals surface area (Å²) < 4.78 is 0. The van der Waals surface area contributed by atoms with Crippen molar-refractivity contribution in [2.75, 3.05) is 9.80 Å². The van der Waals surface area contributed by atoms with Gasteiger partial charge in [-0.05, 0) is 190 Å². The fraction of sp³-hybridized carbons (Fsp3) is 0.0278. The van der Waals surface area contributed by atoms with Crippen molar-refractivity contribution in [3.63, 3.8) is 0 Å². The van der Waals surface area contributed by atoms with E-state index in [1.807, 2.05) is 0 Å². The van der Waals surface area contributed by atoms with E-state index in [9.17, 15) is 0 Å². The third kappa shape index (κ3) is 7.67. The Morgan fingerprint density at radius 1 is 0.230 bits per heavy atom. The van der Waals surface area contributed by atoms with Gasteiger partial charge < -0.3 is 9.80 Å². The summed E-state index contributed by atoms with van der Waals surface area (Å²) >= 11 is 0. The highest BCUT2D eigenvalue weighted by molar-refractivity contribution is 6.21. The summed E-state index contributed by atoms with van der Waals surface area (Å²) in [5.41, 5.74) is 14.4. The monoisotopic (exact) mass is 942 g/mol. The Morgan fingerprint density at radius 3 is 1.22 bits per heavy atom. The first-order valence-electron chi connectivity index (χ1n) is 25.8. The van der Waals surface area contributed by atoms with E-state index in [1.54, 1.807) is 0 Å². The average molecular weight is 943 g/mol. The van der Waals surface area contributed by atoms with E-state index >= 15 is 0 Å². The van der Waals surface area contributed by atoms with Crippen LogP contribution < -0.4 is 9.80 Å². The van der Waals surface area contributed by atoms with Crippen LogP contribution in [0.1, 0.15) is 24.0 Å². The van der Waals surface area contributed by atoms with Gasteiger partial charge in [-0.3, -0.25) is 0 Å². The van der Waals surface area contributed by atoms with Crippen LogP contribution in [-0.4, -0.2) is 0 Å². The van der Waals surface area contributed by atoms with E-state index in [0.29, 0.717) is 0 Å². The number of fused-ring (bicyclic) bond motifs is 6. The predicted octanol–water partition coefficient (Wildman–Crippen LogP) is 20.5. The fourth-order valence-electron chi connectivity index (χ4n) is 11.7. The molecule has 0 spiro atoms. The maximum atomic E-state index is 2.47. The molecule has 74 heavy (non-hydrogen) atoms. The van der Waals surface area contributed by atoms with Gasteiger partial charge in [0, 0.05) is 34.1 Å². The Kier molecular flexibility index (Phi) is 10.7. The van der Waals surface area contributed by atoms with Gasteiger partial charge in [-0.1, -0.05) is 200 Å². The summed E-state index contributed by atoms with van der Waals surface area (Å²) in [7, 11) is 0. The largest absolute Gasteiger partial charge is 0.310 e. The Balaban J connectivity index is 1.06. The molecule has 0 radical (unpaired) electrons. The maximum absolute atomic E-state index is 2.47. The van der Waals surface area contributed by atoms with Crippen LogP contribution in [-0.2, 0) is 0 Å². The molecule has 348 valence electrons. The molecule has 13 aromatic carbocycles. The second-order valence-corrected chi connectivity index (χ2v) is 19.6. The number of rotatable bonds is 9. The number of hydrogen-bond acceptors (Lipinski definition) is 2. The molecule has 0 bridgehead atoms. The number of para-hydroxylation sites is 2. The predicted molar refractivity (Wildman–Crippen MR) is 318 cm³/mol. The Labute approximate surface area is 431 Å². The lowest BCUT2D eigenvalue weighted by atomic mass is 9.81. The SMILES string of the molecule is C1=C(c2cccc3ccccc23)CCC(c2c3cc(N(c4ccccc4)c4ccc5ccccc5c4)ccc3c(-c3ccc4ccccc4c3)c3cc(N(c4ccccc4)c4ccc5ccccc5c4)ccc23)=C1. The molecule has 2 heteroatoms. The summed E-state index contributed by atoms with van der Waals surface area (Å²) in [5, 5.41) is 14.8. The summed E-state index contributed by atoms with van der Waals surface area (Å²) in [5.74, 6) is 0. The fourth-order valence-corrected chi connectivity index (χ4v) is 11.7. The highest BCUT2D eigenvalue weighted by atomic mass is 15.1. The molecule has 2 nitrogen and oxygen atoms in total. The van der Waals surface area contributed by atoms with Crippen molar-refractivity contribution in [1.29, 1.82) is 0 Å². The maximum Gasteiger partial charge on any atom is 0.0468 e. The number of nitrogens with zero attached hydrogens (tertiary/aromatic N) is 2. The van der Waals surface area contributed by atoms with Gasteiger partial charge >= 0.3 is 0 Å². The third-order valence-corrected chi connectivity index (χ3v) is 15.3. The molecule has 0 aromatic heterocycles. The van der Waals surface area contributed by atoms with Gasteiger partial charge in [-0.25, -0.2) is 0 Å². The van der Waals surface area contributed by atoms with Gasteiger partial charge in [0.1, 0.15) is 0 Å². The van der Waals surface area contributed by atoms with Crippen molar-refractivity contribution in [2.24, 2.45) is 0 Å². The third-order valence-electron chi connectivity index (χ3n) is 15.3. The average Bonchev–Trinajstić information content (AvgIpc) is 3.50. The molecule has 1 aliphatic rings. The quantitative estimate of drug-likeness (QED) is 0.133. The zero-order valence-electron chi connectivity index (χ0n) is 40.9. The van der Waals surface area contributed by atoms with Gasteiger partial charge in [-0.2, -0.15) is 0 Å². The van der Waals surface area contributed by atoms with Crippen molar-refractivity contribution < 1.29 is 0 Å². The molecule has 14 rings (SSSR count). The minimum Gasteiger partial charge on any atom is -0.310 e. The highest BCUT2D eigenvalue weighted by Gasteiger charge is 2.24. The first-order chi connectivity index (χ1) is 36.7. The number of allylic oxidation sites excluding steroid dienone is 4. The van der Waals surface area contributed by atoms with Gasteiger partial charge in [0.05, 0.1) is 0 Å². The van der Waals surface area contributed by atoms with Crippen molar-refractivity contribution in [3.05, 3.63) is 290 Å². The Morgan fingerprint density at radius 2 is 0.649 bits per heavy atom. The van der Waals surface area contributed by atoms with Gasteiger partial charge in [0.15, 0.2) is 0 Å². The standard InChI is InChI=1S/C72H50N2/c1-3-24-59(25-4-1)73(61-38-36-50-17-8-11-21-56(50)45-61)63-41-43-68-69(47-63)71(54-33-31-53(32-34-54)66-29-15-23-52-19-13-14-28-65(52)66)67-42-40-64(48-70(67)72(68)58-35-30-49-16-7-10-20-55(49)44-58)74(60-26-5-2-6-27-60)62-39-37-51-18-9-12-22-57(51)46-62/h1-31,33,35-48H,32,34H2. The number of anilines is 6. The van der Waals surface area contributed by atoms with E-state index in [2.05, 4.69) is 289 Å². The summed E-state index contributed by atoms with van der Waals surface area (Å²) in [4.78, 5) is 4.84. The van der Waals surface area contributed by atoms with E-state index in [-0.39, 0.29) is 0 Å². The molecule has 13 aromatic rings. The smallest absolute Gasteiger partial charge is 0.0468 e. The van der Waals surface area contributed by atoms with Gasteiger partial charge in [-0.15, -0.1) is 0 Å². The molecule has 1 aliphatic carbocycles. The Bertz CT molecular complexity index is 4370. The van der Waals surface area contributed by atoms with Gasteiger partial charge in [0.2, 0.25) is 0 Å². The molecule has 0 amide bonds. The molecule has 0 heterocycles. The molecule has 0 N–H and O–H groups in total. The van der Waals surface area contributed by atoms with Crippen molar-refractivity contribution in [2.45, 2.75) is 12.8 Å². The van der Waals surface area contributed by atoms with Crippen LogP contribution in [0.3, 0.4) is 0 Å². The second-order valence-electron chi connectivity index (χ2n) is 19.6. The van der Waals surface area contributed by atoms with Crippen LogP contribution in [0, 0.1) is 0 Å². The molecular formula is C72H50N2. The van der Waals surface area contributed by atoms with Crippen LogP contribution >= 0.6 is 0 Å². The summed E-state index contributed by atoms with van der Waals surface area (Å²) in [6.45, 7) is 0. The molecule has 0 saturated carbocycles. The molecule has 0 unspecified atom stereocenters. The second kappa shape index (κ2) is 18.3. The van der Waals surface area contributed by atoms with Crippen LogP contribution in [0.25, 0.3) is 86.9 Å². The molecule has 0 aliphatic heterocycles. The summed E-state index contributed by atoms with van der Waals surface area (Å²) in [6, 6.07) is 98.3. The zero-order valence-corrected chi connectivity index (χ0v) is 40.9. The van der Waals surface area contributed by atoms with E-state index in [0.717, 1.165) is 47.0 Å². The normalized spacial score (nSPS) is 12.6. The van der Waals surface area contributed by atoms with E-state index < -0.39 is 0 Å². The molecular weight excluding hydrogens is 893 g/mol. The lowest BCUT2D eigenvalue weighted by molar-refractivity contribution is 1.08. The lowest BCUT2D eigenvalue weighted by Gasteiger charge is -2.29. The highest BCUT2D eigenvalue weighted by Crippen LogP contribution is 2.49. The van der Waals surface area contributed by atoms with Crippen LogP contribution in [0.2, 0.25) is 0 Å². The van der Waals surface area contributed by atoms with Crippen LogP contribution in [0.15, 0.2) is 279 Å². The topological polar surface area (TPSA) is 6.48 Å².